The van der Waals surface area contributed by atoms with Gasteiger partial charge in [0.25, 0.3) is 0 Å². The number of nitrogens with zero attached hydrogens (tertiary/aromatic N) is 2. The molecular weight excluding hydrogens is 424 g/mol. The van der Waals surface area contributed by atoms with Crippen LogP contribution in [0.1, 0.15) is 67.6 Å². The molecule has 0 radical (unpaired) electrons. The number of rotatable bonds is 9. The lowest BCUT2D eigenvalue weighted by atomic mass is 9.77. The first-order valence-corrected chi connectivity index (χ1v) is 11.3. The van der Waals surface area contributed by atoms with Crippen LogP contribution in [-0.4, -0.2) is 17.5 Å². The van der Waals surface area contributed by atoms with Crippen LogP contribution in [-0.2, 0) is 11.8 Å². The summed E-state index contributed by atoms with van der Waals surface area (Å²) >= 11 is 5.78. The molecule has 6 heteroatoms. The van der Waals surface area contributed by atoms with Crippen LogP contribution in [0.25, 0.3) is 0 Å². The molecule has 0 bridgehead atoms. The third kappa shape index (κ3) is 5.08. The predicted molar refractivity (Wildman–Crippen MR) is 126 cm³/mol. The van der Waals surface area contributed by atoms with Crippen molar-refractivity contribution in [3.8, 4) is 17.6 Å². The van der Waals surface area contributed by atoms with E-state index in [1.165, 1.54) is 0 Å². The van der Waals surface area contributed by atoms with Crippen molar-refractivity contribution in [3.63, 3.8) is 0 Å². The van der Waals surface area contributed by atoms with Crippen LogP contribution in [0.15, 0.2) is 47.1 Å². The van der Waals surface area contributed by atoms with Crippen molar-refractivity contribution >= 4 is 11.6 Å². The van der Waals surface area contributed by atoms with E-state index < -0.39 is 0 Å². The van der Waals surface area contributed by atoms with Gasteiger partial charge in [0.1, 0.15) is 42.2 Å². The second-order valence-corrected chi connectivity index (χ2v) is 8.59. The average molecular weight is 453 g/mol. The second-order valence-electron chi connectivity index (χ2n) is 8.22. The van der Waals surface area contributed by atoms with Crippen molar-refractivity contribution in [1.82, 2.24) is 4.98 Å². The molecule has 1 unspecified atom stereocenters. The molecule has 1 atom stereocenters. The lowest BCUT2D eigenvalue weighted by Gasteiger charge is -2.28. The van der Waals surface area contributed by atoms with Gasteiger partial charge in [0.05, 0.1) is 11.4 Å². The largest absolute Gasteiger partial charge is 0.491 e. The number of hydrogen-bond donors (Lipinski definition) is 0. The molecule has 0 saturated heterocycles. The van der Waals surface area contributed by atoms with Crippen LogP contribution in [0.5, 0.6) is 11.5 Å². The smallest absolute Gasteiger partial charge is 0.191 e. The number of halogens is 1. The van der Waals surface area contributed by atoms with Gasteiger partial charge >= 0.3 is 0 Å². The minimum atomic E-state index is -0.312. The van der Waals surface area contributed by atoms with E-state index in [2.05, 4.69) is 50.0 Å². The highest BCUT2D eigenvalue weighted by Crippen LogP contribution is 2.37. The van der Waals surface area contributed by atoms with E-state index in [4.69, 9.17) is 25.5 Å². The van der Waals surface area contributed by atoms with Gasteiger partial charge in [-0.25, -0.2) is 4.98 Å². The molecule has 3 aromatic rings. The zero-order chi connectivity index (χ0) is 23.3. The Morgan fingerprint density at radius 1 is 1.19 bits per heavy atom. The number of alkyl halides is 1. The van der Waals surface area contributed by atoms with Gasteiger partial charge in [0.2, 0.25) is 0 Å². The minimum absolute atomic E-state index is 0.211. The number of nitriles is 1. The molecule has 0 fully saturated rings. The number of ether oxygens (including phenoxy) is 2. The Hall–Kier alpha value is -2.97. The lowest BCUT2D eigenvalue weighted by Crippen LogP contribution is -2.20. The zero-order valence-corrected chi connectivity index (χ0v) is 20.0. The first-order chi connectivity index (χ1) is 15.3. The molecule has 2 aromatic carbocycles. The number of aryl methyl sites for hydroxylation is 2. The standard InChI is InChI=1S/C26H29ClN2O3/c1-6-19-13-22(14-20(15-28)25(19)30-12-11-27)26(4,5)21-7-9-23(10-8-21)32-17(2)24-16-31-18(3)29-24/h7-10,13-14,16-17H,6,11-12H2,1-5H3. The molecule has 0 saturated carbocycles. The first-order valence-electron chi connectivity index (χ1n) is 10.8. The highest BCUT2D eigenvalue weighted by atomic mass is 35.5. The SMILES string of the molecule is CCc1cc(C(C)(C)c2ccc(OC(C)c3coc(C)n3)cc2)cc(C#N)c1OCCCl. The summed E-state index contributed by atoms with van der Waals surface area (Å²) in [5, 5.41) is 9.72. The summed E-state index contributed by atoms with van der Waals surface area (Å²) in [7, 11) is 0. The maximum Gasteiger partial charge on any atom is 0.191 e. The molecule has 1 heterocycles. The van der Waals surface area contributed by atoms with Gasteiger partial charge in [-0.15, -0.1) is 11.6 Å². The minimum Gasteiger partial charge on any atom is -0.491 e. The van der Waals surface area contributed by atoms with Crippen molar-refractivity contribution in [2.24, 2.45) is 0 Å². The number of hydrogen-bond acceptors (Lipinski definition) is 5. The first kappa shape index (κ1) is 23.7. The average Bonchev–Trinajstić information content (AvgIpc) is 3.23. The number of oxazole rings is 1. The third-order valence-electron chi connectivity index (χ3n) is 5.65. The Balaban J connectivity index is 1.86. The Labute approximate surface area is 194 Å². The molecule has 0 aliphatic heterocycles. The number of benzene rings is 2. The molecule has 0 aliphatic carbocycles. The van der Waals surface area contributed by atoms with Crippen molar-refractivity contribution in [2.45, 2.75) is 52.6 Å². The van der Waals surface area contributed by atoms with Gasteiger partial charge in [0, 0.05) is 12.3 Å². The Bertz CT molecular complexity index is 1100. The normalized spacial score (nSPS) is 12.3. The van der Waals surface area contributed by atoms with E-state index in [1.807, 2.05) is 32.0 Å². The van der Waals surface area contributed by atoms with E-state index in [-0.39, 0.29) is 11.5 Å². The fourth-order valence-corrected chi connectivity index (χ4v) is 3.73. The topological polar surface area (TPSA) is 68.3 Å². The van der Waals surface area contributed by atoms with Crippen LogP contribution in [0.4, 0.5) is 0 Å². The zero-order valence-electron chi connectivity index (χ0n) is 19.2. The fourth-order valence-electron chi connectivity index (χ4n) is 3.65. The quantitative estimate of drug-likeness (QED) is 0.346. The van der Waals surface area contributed by atoms with Gasteiger partial charge < -0.3 is 13.9 Å². The molecule has 0 aliphatic rings. The summed E-state index contributed by atoms with van der Waals surface area (Å²) in [4.78, 5) is 4.33. The molecule has 0 spiro atoms. The summed E-state index contributed by atoms with van der Waals surface area (Å²) in [6.07, 6.45) is 2.18. The van der Waals surface area contributed by atoms with Crippen LogP contribution in [0, 0.1) is 18.3 Å². The number of aromatic nitrogens is 1. The lowest BCUT2D eigenvalue weighted by molar-refractivity contribution is 0.221. The molecule has 3 rings (SSSR count). The third-order valence-corrected chi connectivity index (χ3v) is 5.81. The molecule has 32 heavy (non-hydrogen) atoms. The van der Waals surface area contributed by atoms with Gasteiger partial charge in [-0.05, 0) is 48.2 Å². The van der Waals surface area contributed by atoms with Crippen LogP contribution >= 0.6 is 11.6 Å². The van der Waals surface area contributed by atoms with Crippen molar-refractivity contribution in [3.05, 3.63) is 76.5 Å². The monoisotopic (exact) mass is 452 g/mol. The highest BCUT2D eigenvalue weighted by molar-refractivity contribution is 6.18. The predicted octanol–water partition coefficient (Wildman–Crippen LogP) is 6.50. The summed E-state index contributed by atoms with van der Waals surface area (Å²) < 4.78 is 17.1. The molecule has 0 N–H and O–H groups in total. The fraction of sp³-hybridized carbons (Fsp3) is 0.385. The van der Waals surface area contributed by atoms with E-state index in [0.717, 1.165) is 34.6 Å². The van der Waals surface area contributed by atoms with Gasteiger partial charge in [-0.2, -0.15) is 5.26 Å². The van der Waals surface area contributed by atoms with Gasteiger partial charge in [0.15, 0.2) is 5.89 Å². The van der Waals surface area contributed by atoms with E-state index >= 15 is 0 Å². The van der Waals surface area contributed by atoms with Gasteiger partial charge in [-0.1, -0.05) is 39.0 Å². The van der Waals surface area contributed by atoms with Crippen LogP contribution in [0.2, 0.25) is 0 Å². The van der Waals surface area contributed by atoms with Crippen molar-refractivity contribution < 1.29 is 13.9 Å². The molecule has 1 aromatic heterocycles. The van der Waals surface area contributed by atoms with E-state index in [1.54, 1.807) is 6.26 Å². The maximum atomic E-state index is 9.72. The summed E-state index contributed by atoms with van der Waals surface area (Å²) in [6.45, 7) is 10.5. The van der Waals surface area contributed by atoms with E-state index in [0.29, 0.717) is 29.7 Å². The Morgan fingerprint density at radius 3 is 2.47 bits per heavy atom. The highest BCUT2D eigenvalue weighted by Gasteiger charge is 2.26. The van der Waals surface area contributed by atoms with Crippen molar-refractivity contribution in [1.29, 1.82) is 5.26 Å². The molecular formula is C26H29ClN2O3. The second kappa shape index (κ2) is 10.1. The summed E-state index contributed by atoms with van der Waals surface area (Å²) in [5.74, 6) is 2.39. The molecule has 168 valence electrons. The summed E-state index contributed by atoms with van der Waals surface area (Å²) in [6, 6.07) is 14.4. The van der Waals surface area contributed by atoms with Crippen LogP contribution in [0.3, 0.4) is 0 Å². The molecule has 5 nitrogen and oxygen atoms in total. The van der Waals surface area contributed by atoms with Crippen LogP contribution < -0.4 is 9.47 Å². The van der Waals surface area contributed by atoms with Crippen molar-refractivity contribution in [2.75, 3.05) is 12.5 Å². The Kier molecular flexibility index (Phi) is 7.48. The van der Waals surface area contributed by atoms with Gasteiger partial charge in [-0.3, -0.25) is 0 Å². The Morgan fingerprint density at radius 2 is 1.91 bits per heavy atom. The maximum absolute atomic E-state index is 9.72. The van der Waals surface area contributed by atoms with E-state index in [9.17, 15) is 5.26 Å². The summed E-state index contributed by atoms with van der Waals surface area (Å²) in [5.41, 5.74) is 4.18. The molecule has 0 amide bonds.